The fourth-order valence-corrected chi connectivity index (χ4v) is 2.54. The Balaban J connectivity index is 2.00. The van der Waals surface area contributed by atoms with Gasteiger partial charge in [0.05, 0.1) is 11.7 Å². The molecule has 0 bridgehead atoms. The minimum Gasteiger partial charge on any atom is -0.396 e. The third-order valence-corrected chi connectivity index (χ3v) is 3.81. The summed E-state index contributed by atoms with van der Waals surface area (Å²) in [6.45, 7) is 1.74. The first-order valence-electron chi connectivity index (χ1n) is 6.94. The van der Waals surface area contributed by atoms with Crippen molar-refractivity contribution in [2.45, 2.75) is 13.0 Å². The first-order valence-corrected chi connectivity index (χ1v) is 7.32. The smallest absolute Gasteiger partial charge is 0.253 e. The van der Waals surface area contributed by atoms with Crippen molar-refractivity contribution in [1.29, 1.82) is 0 Å². The molecular weight excluding hydrogens is 319 g/mol. The Hall–Kier alpha value is -2.60. The number of anilines is 2. The lowest BCUT2D eigenvalue weighted by atomic mass is 10.1. The van der Waals surface area contributed by atoms with E-state index in [9.17, 15) is 9.18 Å². The van der Waals surface area contributed by atoms with Crippen LogP contribution in [-0.4, -0.2) is 9.97 Å². The first-order chi connectivity index (χ1) is 11.0. The molecule has 3 rings (SSSR count). The van der Waals surface area contributed by atoms with Gasteiger partial charge in [-0.3, -0.25) is 4.79 Å². The van der Waals surface area contributed by atoms with E-state index in [1.807, 2.05) is 0 Å². The molecule has 23 heavy (non-hydrogen) atoms. The van der Waals surface area contributed by atoms with Gasteiger partial charge in [-0.25, -0.2) is 9.37 Å². The number of nitrogens with zero attached hydrogens (tertiary/aromatic N) is 1. The van der Waals surface area contributed by atoms with E-state index in [1.165, 1.54) is 12.3 Å². The highest BCUT2D eigenvalue weighted by molar-refractivity contribution is 6.31. The molecule has 0 aliphatic carbocycles. The highest BCUT2D eigenvalue weighted by Gasteiger charge is 2.15. The maximum absolute atomic E-state index is 13.9. The summed E-state index contributed by atoms with van der Waals surface area (Å²) in [5.74, 6) is -0.636. The Labute approximate surface area is 136 Å². The summed E-state index contributed by atoms with van der Waals surface area (Å²) in [4.78, 5) is 18.9. The number of pyridine rings is 2. The molecule has 2 heterocycles. The molecule has 0 amide bonds. The second-order valence-electron chi connectivity index (χ2n) is 5.21. The summed E-state index contributed by atoms with van der Waals surface area (Å²) in [5.41, 5.74) is 6.38. The van der Waals surface area contributed by atoms with Crippen LogP contribution in [0.25, 0.3) is 10.9 Å². The van der Waals surface area contributed by atoms with Gasteiger partial charge >= 0.3 is 0 Å². The Bertz CT molecular complexity index is 941. The fraction of sp³-hybridized carbons (Fsp3) is 0.125. The maximum atomic E-state index is 13.9. The maximum Gasteiger partial charge on any atom is 0.253 e. The molecule has 5 nitrogen and oxygen atoms in total. The van der Waals surface area contributed by atoms with E-state index in [0.717, 1.165) is 5.39 Å². The molecule has 0 saturated carbocycles. The number of rotatable bonds is 3. The third kappa shape index (κ3) is 2.98. The van der Waals surface area contributed by atoms with Gasteiger partial charge in [-0.15, -0.1) is 0 Å². The Morgan fingerprint density at radius 1 is 1.35 bits per heavy atom. The molecule has 1 aromatic carbocycles. The predicted octanol–water partition coefficient (Wildman–Crippen LogP) is 3.47. The number of nitrogens with one attached hydrogen (secondary N) is 2. The highest BCUT2D eigenvalue weighted by Crippen LogP contribution is 2.23. The number of hydrogen-bond donors (Lipinski definition) is 3. The summed E-state index contributed by atoms with van der Waals surface area (Å²) in [5, 5.41) is 4.23. The highest BCUT2D eigenvalue weighted by atomic mass is 35.5. The zero-order valence-corrected chi connectivity index (χ0v) is 13.0. The molecule has 0 aliphatic heterocycles. The van der Waals surface area contributed by atoms with Crippen LogP contribution in [0.4, 0.5) is 15.9 Å². The molecule has 4 N–H and O–H groups in total. The monoisotopic (exact) mass is 332 g/mol. The van der Waals surface area contributed by atoms with Crippen molar-refractivity contribution in [2.24, 2.45) is 0 Å². The largest absolute Gasteiger partial charge is 0.396 e. The van der Waals surface area contributed by atoms with E-state index in [1.54, 1.807) is 31.2 Å². The average molecular weight is 333 g/mol. The van der Waals surface area contributed by atoms with Crippen LogP contribution in [0.2, 0.25) is 5.02 Å². The van der Waals surface area contributed by atoms with Gasteiger partial charge < -0.3 is 16.0 Å². The minimum atomic E-state index is -0.639. The second-order valence-corrected chi connectivity index (χ2v) is 5.65. The van der Waals surface area contributed by atoms with Gasteiger partial charge in [0.15, 0.2) is 11.6 Å². The summed E-state index contributed by atoms with van der Waals surface area (Å²) < 4.78 is 13.9. The zero-order valence-electron chi connectivity index (χ0n) is 12.2. The standard InChI is InChI=1S/C16H14ClFN4O/c1-8(21-15-14(18)12(19)4-5-20-15)11-7-9-6-10(17)2-3-13(9)22-16(11)23/h2-8H,1H3,(H,22,23)(H3,19,20,21)/t8-/m0/s1. The van der Waals surface area contributed by atoms with Crippen LogP contribution in [0.5, 0.6) is 0 Å². The number of nitrogen functional groups attached to an aromatic ring is 1. The van der Waals surface area contributed by atoms with Crippen LogP contribution in [-0.2, 0) is 0 Å². The summed E-state index contributed by atoms with van der Waals surface area (Å²) in [6, 6.07) is 7.82. The molecule has 118 valence electrons. The number of halogens is 2. The minimum absolute atomic E-state index is 0.00286. The Kier molecular flexibility index (Phi) is 3.92. The van der Waals surface area contributed by atoms with Gasteiger partial charge in [-0.2, -0.15) is 0 Å². The topological polar surface area (TPSA) is 83.8 Å². The first kappa shape index (κ1) is 15.3. The van der Waals surface area contributed by atoms with Gasteiger partial charge in [0.2, 0.25) is 0 Å². The van der Waals surface area contributed by atoms with Crippen molar-refractivity contribution in [3.05, 3.63) is 63.3 Å². The molecular formula is C16H14ClFN4O. The van der Waals surface area contributed by atoms with Crippen LogP contribution in [0.1, 0.15) is 18.5 Å². The number of nitrogens with two attached hydrogens (primary N) is 1. The number of fused-ring (bicyclic) bond motifs is 1. The molecule has 3 aromatic rings. The molecule has 0 spiro atoms. The van der Waals surface area contributed by atoms with E-state index in [4.69, 9.17) is 17.3 Å². The van der Waals surface area contributed by atoms with Gasteiger partial charge in [0.1, 0.15) is 0 Å². The summed E-state index contributed by atoms with van der Waals surface area (Å²) >= 11 is 5.98. The van der Waals surface area contributed by atoms with Gasteiger partial charge in [-0.1, -0.05) is 11.6 Å². The lowest BCUT2D eigenvalue weighted by molar-refractivity contribution is 0.625. The fourth-order valence-electron chi connectivity index (χ4n) is 2.36. The van der Waals surface area contributed by atoms with Crippen LogP contribution >= 0.6 is 11.6 Å². The molecule has 0 unspecified atom stereocenters. The normalized spacial score (nSPS) is 12.3. The van der Waals surface area contributed by atoms with Crippen LogP contribution in [0, 0.1) is 5.82 Å². The average Bonchev–Trinajstić information content (AvgIpc) is 2.51. The number of aromatic amines is 1. The second kappa shape index (κ2) is 5.89. The Morgan fingerprint density at radius 3 is 2.91 bits per heavy atom. The van der Waals surface area contributed by atoms with Crippen molar-refractivity contribution >= 4 is 34.0 Å². The van der Waals surface area contributed by atoms with E-state index in [0.29, 0.717) is 16.1 Å². The lowest BCUT2D eigenvalue weighted by Crippen LogP contribution is -2.20. The molecule has 0 radical (unpaired) electrons. The molecule has 1 atom stereocenters. The van der Waals surface area contributed by atoms with Crippen molar-refractivity contribution in [3.8, 4) is 0 Å². The molecule has 0 aliphatic rings. The summed E-state index contributed by atoms with van der Waals surface area (Å²) in [6.07, 6.45) is 1.40. The Morgan fingerprint density at radius 2 is 2.13 bits per heavy atom. The van der Waals surface area contributed by atoms with Gasteiger partial charge in [-0.05, 0) is 37.3 Å². The molecule has 7 heteroatoms. The van der Waals surface area contributed by atoms with Gasteiger partial charge in [0, 0.05) is 27.7 Å². The molecule has 0 saturated heterocycles. The van der Waals surface area contributed by atoms with E-state index in [2.05, 4.69) is 15.3 Å². The van der Waals surface area contributed by atoms with E-state index >= 15 is 0 Å². The van der Waals surface area contributed by atoms with Gasteiger partial charge in [0.25, 0.3) is 5.56 Å². The van der Waals surface area contributed by atoms with Crippen LogP contribution in [0.3, 0.4) is 0 Å². The van der Waals surface area contributed by atoms with Crippen molar-refractivity contribution in [3.63, 3.8) is 0 Å². The number of aromatic nitrogens is 2. The van der Waals surface area contributed by atoms with Crippen LogP contribution < -0.4 is 16.6 Å². The van der Waals surface area contributed by atoms with Crippen molar-refractivity contribution < 1.29 is 4.39 Å². The van der Waals surface area contributed by atoms with E-state index < -0.39 is 11.9 Å². The SMILES string of the molecule is C[C@H](Nc1nccc(N)c1F)c1cc2cc(Cl)ccc2[nH]c1=O. The number of H-pyrrole nitrogens is 1. The predicted molar refractivity (Wildman–Crippen MR) is 90.2 cm³/mol. The van der Waals surface area contributed by atoms with E-state index in [-0.39, 0.29) is 17.1 Å². The molecule has 0 fully saturated rings. The quantitative estimate of drug-likeness (QED) is 0.685. The zero-order chi connectivity index (χ0) is 16.6. The van der Waals surface area contributed by atoms with Crippen LogP contribution in [0.15, 0.2) is 41.3 Å². The number of benzene rings is 1. The lowest BCUT2D eigenvalue weighted by Gasteiger charge is -2.15. The van der Waals surface area contributed by atoms with Crippen molar-refractivity contribution in [1.82, 2.24) is 9.97 Å². The van der Waals surface area contributed by atoms with Crippen molar-refractivity contribution in [2.75, 3.05) is 11.1 Å². The number of hydrogen-bond acceptors (Lipinski definition) is 4. The third-order valence-electron chi connectivity index (χ3n) is 3.57. The molecule has 2 aromatic heterocycles. The summed E-state index contributed by atoms with van der Waals surface area (Å²) in [7, 11) is 0.